The summed E-state index contributed by atoms with van der Waals surface area (Å²) in [5, 5.41) is 0. The number of nitrogens with two attached hydrogens (primary N) is 1. The van der Waals surface area contributed by atoms with Crippen LogP contribution in [0.25, 0.3) is 11.1 Å². The molecule has 0 saturated carbocycles. The molecule has 30 heavy (non-hydrogen) atoms. The number of methoxy groups -OCH3 is 1. The fourth-order valence-electron chi connectivity index (χ4n) is 4.42. The van der Waals surface area contributed by atoms with Gasteiger partial charge in [-0.2, -0.15) is 0 Å². The molecule has 0 aliphatic carbocycles. The summed E-state index contributed by atoms with van der Waals surface area (Å²) in [7, 11) is 4.86. The molecule has 6 nitrogen and oxygen atoms in total. The Morgan fingerprint density at radius 3 is 2.60 bits per heavy atom. The van der Waals surface area contributed by atoms with Crippen molar-refractivity contribution in [3.05, 3.63) is 26.9 Å². The number of piperidine rings is 1. The standard InChI is InChI=1S/C21H25N3O3S3/c1-21(2)18-17(20(28)30-29-18)14-10-13(27-3)4-5-15(14)24(21)16(25)11-23-8-6-12(7-9-23)19(22)26/h4-5,10,12H,6-9,11H2,1-3H3,(H2,22,26). The number of fused-ring (bicyclic) bond motifs is 3. The highest BCUT2D eigenvalue weighted by atomic mass is 32.9. The van der Waals surface area contributed by atoms with Crippen molar-refractivity contribution in [2.45, 2.75) is 32.2 Å². The first-order chi connectivity index (χ1) is 14.2. The maximum absolute atomic E-state index is 13.6. The minimum atomic E-state index is -0.502. The predicted molar refractivity (Wildman–Crippen MR) is 124 cm³/mol. The van der Waals surface area contributed by atoms with Gasteiger partial charge in [-0.25, -0.2) is 0 Å². The molecule has 3 heterocycles. The van der Waals surface area contributed by atoms with Crippen LogP contribution in [-0.4, -0.2) is 43.5 Å². The summed E-state index contributed by atoms with van der Waals surface area (Å²) >= 11 is 5.64. The minimum Gasteiger partial charge on any atom is -0.497 e. The van der Waals surface area contributed by atoms with E-state index in [2.05, 4.69) is 18.7 Å². The first-order valence-corrected chi connectivity index (χ1v) is 12.5. The lowest BCUT2D eigenvalue weighted by molar-refractivity contribution is -0.123. The van der Waals surface area contributed by atoms with Crippen LogP contribution in [0.3, 0.4) is 0 Å². The maximum Gasteiger partial charge on any atom is 0.241 e. The van der Waals surface area contributed by atoms with Crippen molar-refractivity contribution in [2.75, 3.05) is 31.6 Å². The number of anilines is 1. The predicted octanol–water partition coefficient (Wildman–Crippen LogP) is 3.99. The third kappa shape index (κ3) is 3.57. The first kappa shape index (κ1) is 21.4. The third-order valence-electron chi connectivity index (χ3n) is 6.06. The van der Waals surface area contributed by atoms with Gasteiger partial charge < -0.3 is 15.4 Å². The van der Waals surface area contributed by atoms with E-state index in [1.807, 2.05) is 23.1 Å². The number of benzene rings is 1. The molecule has 4 rings (SSSR count). The largest absolute Gasteiger partial charge is 0.497 e. The van der Waals surface area contributed by atoms with Crippen molar-refractivity contribution in [3.63, 3.8) is 0 Å². The van der Waals surface area contributed by atoms with E-state index in [4.69, 9.17) is 22.7 Å². The lowest BCUT2D eigenvalue weighted by Gasteiger charge is -2.44. The van der Waals surface area contributed by atoms with Crippen LogP contribution in [0.4, 0.5) is 5.69 Å². The number of amides is 2. The minimum absolute atomic E-state index is 0.0407. The number of rotatable bonds is 4. The van der Waals surface area contributed by atoms with Crippen LogP contribution in [0.1, 0.15) is 31.6 Å². The van der Waals surface area contributed by atoms with Crippen molar-refractivity contribution in [2.24, 2.45) is 11.7 Å². The maximum atomic E-state index is 13.6. The van der Waals surface area contributed by atoms with E-state index < -0.39 is 5.54 Å². The molecule has 2 amide bonds. The number of ether oxygens (including phenoxy) is 1. The Morgan fingerprint density at radius 1 is 1.27 bits per heavy atom. The quantitative estimate of drug-likeness (QED) is 0.548. The molecule has 0 atom stereocenters. The SMILES string of the molecule is COc1ccc2c(c1)-c1c(ssc1=S)C(C)(C)N2C(=O)CN1CCC(C(N)=O)CC1. The molecule has 0 spiro atoms. The smallest absolute Gasteiger partial charge is 0.241 e. The molecular weight excluding hydrogens is 438 g/mol. The highest BCUT2D eigenvalue weighted by molar-refractivity contribution is 7.80. The summed E-state index contributed by atoms with van der Waals surface area (Å²) in [4.78, 5) is 30.1. The first-order valence-electron chi connectivity index (χ1n) is 9.90. The molecule has 0 unspecified atom stereocenters. The monoisotopic (exact) mass is 463 g/mol. The molecular formula is C21H25N3O3S3. The van der Waals surface area contributed by atoms with Crippen LogP contribution in [0.5, 0.6) is 5.75 Å². The van der Waals surface area contributed by atoms with E-state index in [0.29, 0.717) is 32.5 Å². The van der Waals surface area contributed by atoms with Crippen LogP contribution in [0, 0.1) is 9.74 Å². The second-order valence-corrected chi connectivity index (χ2v) is 11.1. The fourth-order valence-corrected chi connectivity index (χ4v) is 7.70. The lowest BCUT2D eigenvalue weighted by atomic mass is 9.87. The van der Waals surface area contributed by atoms with Gasteiger partial charge in [0, 0.05) is 17.0 Å². The Balaban J connectivity index is 1.67. The van der Waals surface area contributed by atoms with Crippen molar-refractivity contribution in [1.29, 1.82) is 0 Å². The van der Waals surface area contributed by atoms with E-state index in [-0.39, 0.29) is 17.7 Å². The molecule has 1 aromatic heterocycles. The molecule has 1 fully saturated rings. The Bertz CT molecular complexity index is 1050. The fraction of sp³-hybridized carbons (Fsp3) is 0.476. The molecule has 2 aromatic rings. The van der Waals surface area contributed by atoms with E-state index in [0.717, 1.165) is 31.3 Å². The Hall–Kier alpha value is -1.81. The topological polar surface area (TPSA) is 75.9 Å². The highest BCUT2D eigenvalue weighted by Crippen LogP contribution is 2.52. The molecule has 2 N–H and O–H groups in total. The van der Waals surface area contributed by atoms with Crippen LogP contribution in [0.2, 0.25) is 0 Å². The summed E-state index contributed by atoms with van der Waals surface area (Å²) in [6.07, 6.45) is 1.41. The second kappa shape index (κ2) is 8.03. The number of carbonyl (C=O) groups excluding carboxylic acids is 2. The number of hydrogen-bond acceptors (Lipinski definition) is 7. The molecule has 2 aliphatic heterocycles. The molecule has 0 radical (unpaired) electrons. The molecule has 0 bridgehead atoms. The number of likely N-dealkylation sites (tertiary alicyclic amines) is 1. The summed E-state index contributed by atoms with van der Waals surface area (Å²) in [5.74, 6) is 0.452. The van der Waals surface area contributed by atoms with E-state index >= 15 is 0 Å². The van der Waals surface area contributed by atoms with Crippen LogP contribution in [0.15, 0.2) is 18.2 Å². The van der Waals surface area contributed by atoms with Crippen LogP contribution < -0.4 is 15.4 Å². The zero-order valence-corrected chi connectivity index (χ0v) is 19.7. The van der Waals surface area contributed by atoms with Gasteiger partial charge in [0.05, 0.1) is 29.8 Å². The number of nitrogens with zero attached hydrogens (tertiary/aromatic N) is 2. The van der Waals surface area contributed by atoms with Gasteiger partial charge in [0.1, 0.15) is 9.57 Å². The second-order valence-electron chi connectivity index (χ2n) is 8.28. The van der Waals surface area contributed by atoms with Crippen molar-refractivity contribution in [3.8, 4) is 16.9 Å². The van der Waals surface area contributed by atoms with Gasteiger partial charge in [0.2, 0.25) is 11.8 Å². The number of primary amides is 1. The zero-order chi connectivity index (χ0) is 21.6. The zero-order valence-electron chi connectivity index (χ0n) is 17.3. The lowest BCUT2D eigenvalue weighted by Crippen LogP contribution is -2.52. The molecule has 1 aromatic carbocycles. The van der Waals surface area contributed by atoms with Gasteiger partial charge in [-0.3, -0.25) is 14.5 Å². The normalized spacial score (nSPS) is 18.6. The number of hydrogen-bond donors (Lipinski definition) is 1. The average Bonchev–Trinajstić information content (AvgIpc) is 3.11. The van der Waals surface area contributed by atoms with E-state index in [1.165, 1.54) is 0 Å². The number of carbonyl (C=O) groups is 2. The van der Waals surface area contributed by atoms with Gasteiger partial charge in [-0.05, 0) is 58.0 Å². The van der Waals surface area contributed by atoms with Crippen molar-refractivity contribution in [1.82, 2.24) is 4.90 Å². The van der Waals surface area contributed by atoms with Crippen molar-refractivity contribution < 1.29 is 14.3 Å². The highest BCUT2D eigenvalue weighted by Gasteiger charge is 2.43. The molecule has 1 saturated heterocycles. The third-order valence-corrected chi connectivity index (χ3v) is 9.39. The van der Waals surface area contributed by atoms with E-state index in [9.17, 15) is 9.59 Å². The van der Waals surface area contributed by atoms with Crippen molar-refractivity contribution >= 4 is 50.4 Å². The van der Waals surface area contributed by atoms with Gasteiger partial charge >= 0.3 is 0 Å². The summed E-state index contributed by atoms with van der Waals surface area (Å²) in [6.45, 7) is 5.87. The molecule has 2 aliphatic rings. The van der Waals surface area contributed by atoms with Gasteiger partial charge in [0.25, 0.3) is 0 Å². The van der Waals surface area contributed by atoms with Crippen LogP contribution >= 0.6 is 32.9 Å². The Labute approximate surface area is 188 Å². The van der Waals surface area contributed by atoms with E-state index in [1.54, 1.807) is 27.8 Å². The molecule has 160 valence electrons. The van der Waals surface area contributed by atoms with Gasteiger partial charge in [-0.1, -0.05) is 32.9 Å². The van der Waals surface area contributed by atoms with Gasteiger partial charge in [-0.15, -0.1) is 0 Å². The molecule has 9 heteroatoms. The summed E-state index contributed by atoms with van der Waals surface area (Å²) < 4.78 is 6.28. The van der Waals surface area contributed by atoms with Gasteiger partial charge in [0.15, 0.2) is 0 Å². The summed E-state index contributed by atoms with van der Waals surface area (Å²) in [6, 6.07) is 5.81. The Kier molecular flexibility index (Phi) is 5.73. The average molecular weight is 464 g/mol. The Morgan fingerprint density at radius 2 is 1.97 bits per heavy atom. The van der Waals surface area contributed by atoms with Crippen LogP contribution in [-0.2, 0) is 15.1 Å². The summed E-state index contributed by atoms with van der Waals surface area (Å²) in [5.41, 5.74) is 7.80.